The predicted molar refractivity (Wildman–Crippen MR) is 145 cm³/mol. The summed E-state index contributed by atoms with van der Waals surface area (Å²) in [5.74, 6) is 2.43. The highest BCUT2D eigenvalue weighted by Crippen LogP contribution is 2.68. The largest absolute Gasteiger partial charge is 0.461 e. The third-order valence-electron chi connectivity index (χ3n) is 11.5. The van der Waals surface area contributed by atoms with Crippen molar-refractivity contribution in [3.63, 3.8) is 0 Å². The topological polar surface area (TPSA) is 63.6 Å². The van der Waals surface area contributed by atoms with Gasteiger partial charge in [0.2, 0.25) is 0 Å². The van der Waals surface area contributed by atoms with Crippen molar-refractivity contribution in [2.75, 3.05) is 0 Å². The minimum atomic E-state index is -0.276. The molecule has 4 fully saturated rings. The van der Waals surface area contributed by atoms with Crippen LogP contribution in [0, 0.1) is 46.3 Å². The number of esters is 1. The zero-order valence-electron chi connectivity index (χ0n) is 23.2. The highest BCUT2D eigenvalue weighted by Gasteiger charge is 2.64. The quantitative estimate of drug-likeness (QED) is 0.337. The maximum Gasteiger partial charge on any atom is 0.306 e. The fourth-order valence-corrected chi connectivity index (χ4v) is 9.52. The Labute approximate surface area is 223 Å². The average molecular weight is 507 g/mol. The van der Waals surface area contributed by atoms with Crippen molar-refractivity contribution in [2.45, 2.75) is 98.2 Å². The summed E-state index contributed by atoms with van der Waals surface area (Å²) in [6.07, 6.45) is 10.3. The number of fused-ring (bicyclic) bond motifs is 5. The Morgan fingerprint density at radius 3 is 2.51 bits per heavy atom. The highest BCUT2D eigenvalue weighted by molar-refractivity contribution is 5.99. The summed E-state index contributed by atoms with van der Waals surface area (Å²) in [6, 6.07) is 9.86. The molecule has 4 aliphatic carbocycles. The van der Waals surface area contributed by atoms with Crippen molar-refractivity contribution in [3.05, 3.63) is 47.5 Å². The fourth-order valence-electron chi connectivity index (χ4n) is 9.52. The number of carbonyl (C=O) groups is 2. The van der Waals surface area contributed by atoms with Gasteiger partial charge in [-0.2, -0.15) is 0 Å². The number of hydrogen-bond donors (Lipinski definition) is 1. The van der Waals surface area contributed by atoms with Crippen molar-refractivity contribution in [2.24, 2.45) is 46.3 Å². The summed E-state index contributed by atoms with van der Waals surface area (Å²) in [4.78, 5) is 26.5. The minimum Gasteiger partial charge on any atom is -0.461 e. The first kappa shape index (κ1) is 26.7. The van der Waals surface area contributed by atoms with Gasteiger partial charge in [0.05, 0.1) is 6.10 Å². The van der Waals surface area contributed by atoms with Gasteiger partial charge in [0, 0.05) is 12.3 Å². The van der Waals surface area contributed by atoms with E-state index in [1.54, 1.807) is 0 Å². The standard InChI is InChI=1S/C33H46O4/c1-5-24-28-19-23(34)15-17-33(28,4)27-16-18-32(3)25(12-13-26(32)30(27)31(24)36)21(2)11-14-29(35)37-20-22-9-7-6-8-10-22/h5-10,21,23,25-28,30,34H,11-20H2,1-4H3/b24-5-/t21-,23-,25?,26?,27?,28+,30?,32-,33-/m1/s1. The predicted octanol–water partition coefficient (Wildman–Crippen LogP) is 6.90. The lowest BCUT2D eigenvalue weighted by molar-refractivity contribution is -0.150. The van der Waals surface area contributed by atoms with Crippen molar-refractivity contribution in [3.8, 4) is 0 Å². The summed E-state index contributed by atoms with van der Waals surface area (Å²) >= 11 is 0. The Morgan fingerprint density at radius 1 is 1.08 bits per heavy atom. The van der Waals surface area contributed by atoms with Gasteiger partial charge in [-0.25, -0.2) is 0 Å². The Morgan fingerprint density at radius 2 is 1.78 bits per heavy atom. The van der Waals surface area contributed by atoms with E-state index in [1.807, 2.05) is 37.3 Å². The van der Waals surface area contributed by atoms with Crippen LogP contribution in [0.25, 0.3) is 0 Å². The molecule has 4 saturated carbocycles. The van der Waals surface area contributed by atoms with Gasteiger partial charge in [-0.1, -0.05) is 57.2 Å². The first-order valence-corrected chi connectivity index (χ1v) is 14.8. The molecule has 5 rings (SSSR count). The Hall–Kier alpha value is -1.94. The van der Waals surface area contributed by atoms with Crippen LogP contribution >= 0.6 is 0 Å². The van der Waals surface area contributed by atoms with Crippen molar-refractivity contribution >= 4 is 11.8 Å². The molecular formula is C33H46O4. The zero-order chi connectivity index (χ0) is 26.4. The second-order valence-electron chi connectivity index (χ2n) is 13.2. The monoisotopic (exact) mass is 506 g/mol. The number of ketones is 1. The molecule has 9 atom stereocenters. The van der Waals surface area contributed by atoms with Gasteiger partial charge < -0.3 is 9.84 Å². The van der Waals surface area contributed by atoms with E-state index in [0.29, 0.717) is 42.5 Å². The molecule has 0 heterocycles. The van der Waals surface area contributed by atoms with Gasteiger partial charge in [0.1, 0.15) is 6.61 Å². The van der Waals surface area contributed by atoms with Gasteiger partial charge in [0.25, 0.3) is 0 Å². The smallest absolute Gasteiger partial charge is 0.306 e. The van der Waals surface area contributed by atoms with E-state index in [-0.39, 0.29) is 34.7 Å². The highest BCUT2D eigenvalue weighted by atomic mass is 16.5. The fraction of sp³-hybridized carbons (Fsp3) is 0.697. The first-order chi connectivity index (χ1) is 17.7. The average Bonchev–Trinajstić information content (AvgIpc) is 3.25. The summed E-state index contributed by atoms with van der Waals surface area (Å²) in [5, 5.41) is 10.5. The van der Waals surface area contributed by atoms with Crippen LogP contribution in [0.2, 0.25) is 0 Å². The molecule has 0 amide bonds. The van der Waals surface area contributed by atoms with E-state index in [9.17, 15) is 14.7 Å². The van der Waals surface area contributed by atoms with Crippen LogP contribution in [0.3, 0.4) is 0 Å². The van der Waals surface area contributed by atoms with Gasteiger partial charge in [-0.3, -0.25) is 9.59 Å². The van der Waals surface area contributed by atoms with Gasteiger partial charge in [-0.05, 0) is 110 Å². The van der Waals surface area contributed by atoms with Crippen LogP contribution < -0.4 is 0 Å². The lowest BCUT2D eigenvalue weighted by Crippen LogP contribution is -2.58. The molecule has 1 aromatic carbocycles. The molecule has 0 aliphatic heterocycles. The lowest BCUT2D eigenvalue weighted by atomic mass is 9.43. The number of ether oxygens (including phenoxy) is 1. The molecule has 0 spiro atoms. The molecule has 4 heteroatoms. The summed E-state index contributed by atoms with van der Waals surface area (Å²) in [5.41, 5.74) is 2.30. The summed E-state index contributed by atoms with van der Waals surface area (Å²) in [7, 11) is 0. The zero-order valence-corrected chi connectivity index (χ0v) is 23.2. The van der Waals surface area contributed by atoms with Crippen molar-refractivity contribution in [1.82, 2.24) is 0 Å². The van der Waals surface area contributed by atoms with E-state index >= 15 is 0 Å². The molecule has 37 heavy (non-hydrogen) atoms. The molecule has 0 aromatic heterocycles. The Balaban J connectivity index is 1.27. The maximum atomic E-state index is 14.0. The van der Waals surface area contributed by atoms with Gasteiger partial charge in [0.15, 0.2) is 5.78 Å². The van der Waals surface area contributed by atoms with Crippen LogP contribution in [0.15, 0.2) is 42.0 Å². The Kier molecular flexibility index (Phi) is 7.44. The van der Waals surface area contributed by atoms with Crippen LogP contribution in [-0.4, -0.2) is 23.0 Å². The normalized spacial score (nSPS) is 41.0. The lowest BCUT2D eigenvalue weighted by Gasteiger charge is -2.61. The van der Waals surface area contributed by atoms with E-state index in [0.717, 1.165) is 56.1 Å². The molecule has 4 unspecified atom stereocenters. The van der Waals surface area contributed by atoms with Crippen molar-refractivity contribution < 1.29 is 19.4 Å². The number of hydrogen-bond acceptors (Lipinski definition) is 4. The number of aliphatic hydroxyl groups excluding tert-OH is 1. The first-order valence-electron chi connectivity index (χ1n) is 14.8. The molecule has 0 saturated heterocycles. The van der Waals surface area contributed by atoms with Crippen LogP contribution in [0.5, 0.6) is 0 Å². The van der Waals surface area contributed by atoms with E-state index in [4.69, 9.17) is 4.74 Å². The van der Waals surface area contributed by atoms with Crippen LogP contribution in [0.1, 0.15) is 91.0 Å². The molecule has 1 N–H and O–H groups in total. The van der Waals surface area contributed by atoms with Crippen molar-refractivity contribution in [1.29, 1.82) is 0 Å². The number of aliphatic hydroxyl groups is 1. The number of benzene rings is 1. The SMILES string of the molecule is C/C=C1\C(=O)C2C3CCC([C@H](C)CCC(=O)OCc4ccccc4)[C@@]3(C)CCC2[C@@]2(C)CC[C@@H](O)C[C@@H]12. The molecule has 1 aromatic rings. The number of allylic oxidation sites excluding steroid dienone is 2. The van der Waals surface area contributed by atoms with Crippen LogP contribution in [0.4, 0.5) is 0 Å². The van der Waals surface area contributed by atoms with Crippen LogP contribution in [-0.2, 0) is 20.9 Å². The third kappa shape index (κ3) is 4.62. The van der Waals surface area contributed by atoms with E-state index < -0.39 is 0 Å². The number of Topliss-reactive ketones (excluding diaryl/α,β-unsaturated/α-hetero) is 1. The third-order valence-corrected chi connectivity index (χ3v) is 11.5. The second-order valence-corrected chi connectivity index (χ2v) is 13.2. The van der Waals surface area contributed by atoms with E-state index in [2.05, 4.69) is 26.8 Å². The molecule has 4 nitrogen and oxygen atoms in total. The second kappa shape index (κ2) is 10.3. The molecule has 0 radical (unpaired) electrons. The minimum absolute atomic E-state index is 0.113. The number of carbonyl (C=O) groups excluding carboxylic acids is 2. The molecular weight excluding hydrogens is 460 g/mol. The summed E-state index contributed by atoms with van der Waals surface area (Å²) < 4.78 is 5.54. The van der Waals surface area contributed by atoms with E-state index in [1.165, 1.54) is 6.42 Å². The maximum absolute atomic E-state index is 14.0. The summed E-state index contributed by atoms with van der Waals surface area (Å²) in [6.45, 7) is 9.56. The Bertz CT molecular complexity index is 1030. The van der Waals surface area contributed by atoms with Gasteiger partial charge in [-0.15, -0.1) is 0 Å². The molecule has 202 valence electrons. The molecule has 4 aliphatic rings. The van der Waals surface area contributed by atoms with Gasteiger partial charge >= 0.3 is 5.97 Å². The molecule has 0 bridgehead atoms. The number of rotatable bonds is 6.